The second-order valence-corrected chi connectivity index (χ2v) is 3.30. The molecule has 0 spiro atoms. The Morgan fingerprint density at radius 3 is 2.71 bits per heavy atom. The summed E-state index contributed by atoms with van der Waals surface area (Å²) < 4.78 is 17.4. The van der Waals surface area contributed by atoms with Crippen LogP contribution in [-0.4, -0.2) is 18.9 Å². The molecule has 0 atom stereocenters. The standard InChI is InChI=1S/C13H11FO3/c1-9(15)12-8-11(14)7-6-10(12)4-3-5-13(16)17-2/h6-8H,5H2,1-2H3. The molecule has 0 amide bonds. The predicted molar refractivity (Wildman–Crippen MR) is 59.9 cm³/mol. The number of benzene rings is 1. The third-order valence-corrected chi connectivity index (χ3v) is 2.04. The van der Waals surface area contributed by atoms with E-state index in [1.165, 1.54) is 26.2 Å². The van der Waals surface area contributed by atoms with Crippen molar-refractivity contribution in [3.63, 3.8) is 0 Å². The maximum absolute atomic E-state index is 12.9. The second kappa shape index (κ2) is 5.80. The van der Waals surface area contributed by atoms with Gasteiger partial charge in [-0.25, -0.2) is 4.39 Å². The van der Waals surface area contributed by atoms with Crippen LogP contribution in [0, 0.1) is 17.7 Å². The molecule has 0 saturated carbocycles. The molecule has 0 aliphatic rings. The highest BCUT2D eigenvalue weighted by molar-refractivity contribution is 5.96. The normalized spacial score (nSPS) is 9.12. The number of carbonyl (C=O) groups is 2. The zero-order valence-corrected chi connectivity index (χ0v) is 9.54. The molecule has 0 bridgehead atoms. The number of esters is 1. The molecule has 3 nitrogen and oxygen atoms in total. The molecule has 0 fully saturated rings. The van der Waals surface area contributed by atoms with Crippen molar-refractivity contribution in [3.05, 3.63) is 35.1 Å². The molecule has 4 heteroatoms. The SMILES string of the molecule is COC(=O)CC#Cc1ccc(F)cc1C(C)=O. The number of ether oxygens (including phenoxy) is 1. The molecule has 0 unspecified atom stereocenters. The third-order valence-electron chi connectivity index (χ3n) is 2.04. The van der Waals surface area contributed by atoms with Crippen LogP contribution < -0.4 is 0 Å². The van der Waals surface area contributed by atoms with Gasteiger partial charge >= 0.3 is 5.97 Å². The van der Waals surface area contributed by atoms with Crippen molar-refractivity contribution in [1.29, 1.82) is 0 Å². The highest BCUT2D eigenvalue weighted by Gasteiger charge is 2.06. The first-order chi connectivity index (χ1) is 8.04. The van der Waals surface area contributed by atoms with Crippen LogP contribution in [0.15, 0.2) is 18.2 Å². The highest BCUT2D eigenvalue weighted by atomic mass is 19.1. The van der Waals surface area contributed by atoms with E-state index >= 15 is 0 Å². The van der Waals surface area contributed by atoms with Crippen LogP contribution in [0.2, 0.25) is 0 Å². The fourth-order valence-corrected chi connectivity index (χ4v) is 1.20. The van der Waals surface area contributed by atoms with Gasteiger partial charge in [-0.2, -0.15) is 0 Å². The van der Waals surface area contributed by atoms with E-state index in [1.54, 1.807) is 0 Å². The number of Topliss-reactive ketones (excluding diaryl/α,β-unsaturated/α-hetero) is 1. The largest absolute Gasteiger partial charge is 0.468 e. The zero-order chi connectivity index (χ0) is 12.8. The molecular formula is C13H11FO3. The second-order valence-electron chi connectivity index (χ2n) is 3.30. The van der Waals surface area contributed by atoms with Gasteiger partial charge in [-0.3, -0.25) is 9.59 Å². The molecule has 17 heavy (non-hydrogen) atoms. The Morgan fingerprint density at radius 1 is 1.41 bits per heavy atom. The summed E-state index contributed by atoms with van der Waals surface area (Å²) >= 11 is 0. The molecular weight excluding hydrogens is 223 g/mol. The average molecular weight is 234 g/mol. The van der Waals surface area contributed by atoms with E-state index < -0.39 is 11.8 Å². The number of rotatable bonds is 2. The smallest absolute Gasteiger partial charge is 0.317 e. The van der Waals surface area contributed by atoms with E-state index in [4.69, 9.17) is 0 Å². The quantitative estimate of drug-likeness (QED) is 0.446. The van der Waals surface area contributed by atoms with E-state index in [0.29, 0.717) is 5.56 Å². The molecule has 0 saturated heterocycles. The number of ketones is 1. The van der Waals surface area contributed by atoms with Gasteiger partial charge in [-0.15, -0.1) is 0 Å². The lowest BCUT2D eigenvalue weighted by Gasteiger charge is -1.99. The lowest BCUT2D eigenvalue weighted by Crippen LogP contribution is -1.99. The van der Waals surface area contributed by atoms with Crippen LogP contribution in [0.25, 0.3) is 0 Å². The molecule has 0 N–H and O–H groups in total. The Morgan fingerprint density at radius 2 is 2.12 bits per heavy atom. The summed E-state index contributed by atoms with van der Waals surface area (Å²) in [5.74, 6) is 4.00. The minimum Gasteiger partial charge on any atom is -0.468 e. The van der Waals surface area contributed by atoms with Gasteiger partial charge in [0.25, 0.3) is 0 Å². The average Bonchev–Trinajstić information content (AvgIpc) is 2.30. The fraction of sp³-hybridized carbons (Fsp3) is 0.231. The molecule has 1 rings (SSSR count). The Bertz CT molecular complexity index is 509. The van der Waals surface area contributed by atoms with E-state index in [-0.39, 0.29) is 17.8 Å². The molecule has 0 aliphatic carbocycles. The lowest BCUT2D eigenvalue weighted by molar-refractivity contribution is -0.139. The summed E-state index contributed by atoms with van der Waals surface area (Å²) in [6.07, 6.45) is -0.0643. The first-order valence-corrected chi connectivity index (χ1v) is 4.90. The maximum atomic E-state index is 12.9. The zero-order valence-electron chi connectivity index (χ0n) is 9.54. The summed E-state index contributed by atoms with van der Waals surface area (Å²) in [6, 6.07) is 3.76. The minimum absolute atomic E-state index is 0.0643. The maximum Gasteiger partial charge on any atom is 0.317 e. The number of hydrogen-bond acceptors (Lipinski definition) is 3. The summed E-state index contributed by atoms with van der Waals surface area (Å²) in [7, 11) is 1.27. The van der Waals surface area contributed by atoms with Gasteiger partial charge in [0.15, 0.2) is 5.78 Å². The van der Waals surface area contributed by atoms with Crippen LogP contribution in [0.3, 0.4) is 0 Å². The van der Waals surface area contributed by atoms with E-state index in [2.05, 4.69) is 16.6 Å². The number of carbonyl (C=O) groups excluding carboxylic acids is 2. The Hall–Kier alpha value is -2.15. The lowest BCUT2D eigenvalue weighted by atomic mass is 10.0. The number of methoxy groups -OCH3 is 1. The van der Waals surface area contributed by atoms with E-state index in [0.717, 1.165) is 6.07 Å². The minimum atomic E-state index is -0.492. The molecule has 1 aromatic rings. The summed E-state index contributed by atoms with van der Waals surface area (Å²) in [4.78, 5) is 22.1. The Balaban J connectivity index is 2.98. The highest BCUT2D eigenvalue weighted by Crippen LogP contribution is 2.11. The van der Waals surface area contributed by atoms with E-state index in [1.807, 2.05) is 0 Å². The van der Waals surface area contributed by atoms with Crippen molar-refractivity contribution in [1.82, 2.24) is 0 Å². The van der Waals surface area contributed by atoms with Gasteiger partial charge in [0.2, 0.25) is 0 Å². The van der Waals surface area contributed by atoms with Gasteiger partial charge in [0, 0.05) is 11.1 Å². The first-order valence-electron chi connectivity index (χ1n) is 4.90. The summed E-state index contributed by atoms with van der Waals surface area (Å²) in [5.41, 5.74) is 0.616. The van der Waals surface area contributed by atoms with Crippen LogP contribution >= 0.6 is 0 Å². The van der Waals surface area contributed by atoms with Gasteiger partial charge in [0.1, 0.15) is 12.2 Å². The van der Waals surface area contributed by atoms with Crippen molar-refractivity contribution in [3.8, 4) is 11.8 Å². The molecule has 1 aromatic carbocycles. The van der Waals surface area contributed by atoms with Crippen molar-refractivity contribution in [2.75, 3.05) is 7.11 Å². The fourth-order valence-electron chi connectivity index (χ4n) is 1.20. The molecule has 0 aromatic heterocycles. The Kier molecular flexibility index (Phi) is 4.41. The van der Waals surface area contributed by atoms with Gasteiger partial charge in [-0.05, 0) is 25.1 Å². The van der Waals surface area contributed by atoms with Crippen molar-refractivity contribution < 1.29 is 18.7 Å². The van der Waals surface area contributed by atoms with Gasteiger partial charge < -0.3 is 4.74 Å². The number of hydrogen-bond donors (Lipinski definition) is 0. The van der Waals surface area contributed by atoms with E-state index in [9.17, 15) is 14.0 Å². The summed E-state index contributed by atoms with van der Waals surface area (Å²) in [5, 5.41) is 0. The summed E-state index contributed by atoms with van der Waals surface area (Å²) in [6.45, 7) is 1.33. The van der Waals surface area contributed by atoms with Crippen molar-refractivity contribution >= 4 is 11.8 Å². The monoisotopic (exact) mass is 234 g/mol. The predicted octanol–water partition coefficient (Wildman–Crippen LogP) is 1.94. The number of halogens is 1. The van der Waals surface area contributed by atoms with Crippen molar-refractivity contribution in [2.24, 2.45) is 0 Å². The van der Waals surface area contributed by atoms with Gasteiger partial charge in [0.05, 0.1) is 7.11 Å². The topological polar surface area (TPSA) is 43.4 Å². The Labute approximate surface area is 98.6 Å². The van der Waals surface area contributed by atoms with Crippen LogP contribution in [0.5, 0.6) is 0 Å². The molecule has 0 aliphatic heterocycles. The van der Waals surface area contributed by atoms with Crippen molar-refractivity contribution in [2.45, 2.75) is 13.3 Å². The molecule has 0 radical (unpaired) electrons. The van der Waals surface area contributed by atoms with Crippen LogP contribution in [-0.2, 0) is 9.53 Å². The first kappa shape index (κ1) is 12.9. The van der Waals surface area contributed by atoms with Gasteiger partial charge in [-0.1, -0.05) is 11.8 Å². The van der Waals surface area contributed by atoms with Crippen LogP contribution in [0.4, 0.5) is 4.39 Å². The molecule has 88 valence electrons. The molecule has 0 heterocycles. The third kappa shape index (κ3) is 3.72. The van der Waals surface area contributed by atoms with Crippen LogP contribution in [0.1, 0.15) is 29.3 Å².